The lowest BCUT2D eigenvalue weighted by atomic mass is 9.84. The molecule has 2 heterocycles. The van der Waals surface area contributed by atoms with E-state index in [0.29, 0.717) is 16.9 Å². The minimum absolute atomic E-state index is 0.0480. The monoisotopic (exact) mass is 453 g/mol. The summed E-state index contributed by atoms with van der Waals surface area (Å²) < 4.78 is 20.8. The van der Waals surface area contributed by atoms with Crippen LogP contribution in [0.15, 0.2) is 26.1 Å². The van der Waals surface area contributed by atoms with Gasteiger partial charge >= 0.3 is 0 Å². The van der Waals surface area contributed by atoms with Crippen molar-refractivity contribution in [3.8, 4) is 0 Å². The standard InChI is InChI=1S/C25H28FN3O4/c1-10-9-15(33-13(10)4)23(25(5,6)7)29-20-19(21(30)22(20)31)28-18-14(26)8-11(2)16-12(3)27-24(32)17(16)18/h8-9,12,23,28-29H,1-7H3,(H,27,32)/t12-,23-/m1/s1. The molecule has 33 heavy (non-hydrogen) atoms. The smallest absolute Gasteiger partial charge is 0.254 e. The molecule has 0 aliphatic carbocycles. The highest BCUT2D eigenvalue weighted by Crippen LogP contribution is 2.40. The number of rotatable bonds is 5. The highest BCUT2D eigenvalue weighted by molar-refractivity contribution is 6.05. The van der Waals surface area contributed by atoms with Gasteiger partial charge in [-0.25, -0.2) is 4.39 Å². The van der Waals surface area contributed by atoms with Crippen LogP contribution in [0.3, 0.4) is 0 Å². The van der Waals surface area contributed by atoms with Crippen molar-refractivity contribution < 1.29 is 13.6 Å². The Morgan fingerprint density at radius 2 is 1.64 bits per heavy atom. The number of carbonyl (C=O) groups is 1. The Hall–Kier alpha value is -3.42. The summed E-state index contributed by atoms with van der Waals surface area (Å²) in [5.41, 5.74) is 0.475. The fourth-order valence-corrected chi connectivity index (χ4v) is 4.42. The molecule has 8 heteroatoms. The van der Waals surface area contributed by atoms with Crippen LogP contribution in [-0.2, 0) is 0 Å². The molecule has 2 atom stereocenters. The third kappa shape index (κ3) is 3.63. The van der Waals surface area contributed by atoms with Gasteiger partial charge in [0.15, 0.2) is 0 Å². The van der Waals surface area contributed by atoms with Crippen molar-refractivity contribution in [2.24, 2.45) is 5.41 Å². The van der Waals surface area contributed by atoms with E-state index >= 15 is 0 Å². The van der Waals surface area contributed by atoms with Crippen LogP contribution in [0.1, 0.15) is 78.3 Å². The average Bonchev–Trinajstić information content (AvgIpc) is 3.19. The number of aryl methyl sites for hydroxylation is 3. The Bertz CT molecular complexity index is 1340. The second-order valence-electron chi connectivity index (χ2n) is 9.90. The largest absolute Gasteiger partial charge is 0.464 e. The molecule has 174 valence electrons. The molecule has 1 aliphatic rings. The molecule has 0 unspecified atom stereocenters. The van der Waals surface area contributed by atoms with Crippen molar-refractivity contribution in [3.63, 3.8) is 0 Å². The first-order chi connectivity index (χ1) is 15.3. The van der Waals surface area contributed by atoms with Gasteiger partial charge in [-0.3, -0.25) is 14.4 Å². The topological polar surface area (TPSA) is 100 Å². The summed E-state index contributed by atoms with van der Waals surface area (Å²) in [6.45, 7) is 13.3. The van der Waals surface area contributed by atoms with Gasteiger partial charge in [-0.1, -0.05) is 20.8 Å². The van der Waals surface area contributed by atoms with E-state index in [1.54, 1.807) is 6.92 Å². The molecular formula is C25H28FN3O4. The molecule has 0 saturated carbocycles. The Morgan fingerprint density at radius 3 is 2.21 bits per heavy atom. The summed E-state index contributed by atoms with van der Waals surface area (Å²) in [6, 6.07) is 2.51. The minimum atomic E-state index is -0.767. The third-order valence-electron chi connectivity index (χ3n) is 6.32. The average molecular weight is 454 g/mol. The second kappa shape index (κ2) is 7.57. The van der Waals surface area contributed by atoms with E-state index in [-0.39, 0.29) is 34.1 Å². The van der Waals surface area contributed by atoms with Crippen LogP contribution in [-0.4, -0.2) is 5.91 Å². The zero-order chi connectivity index (χ0) is 24.4. The first-order valence-electron chi connectivity index (χ1n) is 10.9. The number of hydrogen-bond acceptors (Lipinski definition) is 6. The van der Waals surface area contributed by atoms with E-state index in [2.05, 4.69) is 16.0 Å². The minimum Gasteiger partial charge on any atom is -0.464 e. The molecule has 0 spiro atoms. The summed E-state index contributed by atoms with van der Waals surface area (Å²) in [5.74, 6) is 0.304. The molecular weight excluding hydrogens is 425 g/mol. The van der Waals surface area contributed by atoms with Crippen molar-refractivity contribution in [2.45, 2.75) is 60.5 Å². The second-order valence-corrected chi connectivity index (χ2v) is 9.90. The van der Waals surface area contributed by atoms with Crippen LogP contribution in [0.25, 0.3) is 0 Å². The maximum atomic E-state index is 14.9. The summed E-state index contributed by atoms with van der Waals surface area (Å²) in [6.07, 6.45) is 0. The van der Waals surface area contributed by atoms with Crippen LogP contribution in [0.5, 0.6) is 0 Å². The quantitative estimate of drug-likeness (QED) is 0.485. The summed E-state index contributed by atoms with van der Waals surface area (Å²) in [4.78, 5) is 37.5. The van der Waals surface area contributed by atoms with Gasteiger partial charge in [0, 0.05) is 0 Å². The number of amides is 1. The van der Waals surface area contributed by atoms with Gasteiger partial charge in [-0.05, 0) is 61.9 Å². The molecule has 3 N–H and O–H groups in total. The molecule has 3 aromatic rings. The van der Waals surface area contributed by atoms with E-state index < -0.39 is 28.6 Å². The highest BCUT2D eigenvalue weighted by Gasteiger charge is 2.36. The fraction of sp³-hybridized carbons (Fsp3) is 0.400. The molecule has 2 aromatic carbocycles. The van der Waals surface area contributed by atoms with E-state index in [4.69, 9.17) is 4.42 Å². The molecule has 4 rings (SSSR count). The maximum Gasteiger partial charge on any atom is 0.254 e. The lowest BCUT2D eigenvalue weighted by Crippen LogP contribution is -2.39. The van der Waals surface area contributed by atoms with E-state index in [1.807, 2.05) is 47.6 Å². The summed E-state index contributed by atoms with van der Waals surface area (Å²) in [5, 5.41) is 8.68. The van der Waals surface area contributed by atoms with E-state index in [0.717, 1.165) is 11.3 Å². The van der Waals surface area contributed by atoms with Gasteiger partial charge in [0.05, 0.1) is 23.3 Å². The van der Waals surface area contributed by atoms with Crippen molar-refractivity contribution in [3.05, 3.63) is 72.2 Å². The van der Waals surface area contributed by atoms with Gasteiger partial charge in [0.25, 0.3) is 16.8 Å². The normalized spacial score (nSPS) is 16.6. The number of carbonyl (C=O) groups excluding carboxylic acids is 1. The van der Waals surface area contributed by atoms with E-state index in [9.17, 15) is 18.8 Å². The maximum absolute atomic E-state index is 14.9. The summed E-state index contributed by atoms with van der Waals surface area (Å²) >= 11 is 0. The number of halogens is 1. The number of nitrogens with one attached hydrogen (secondary N) is 3. The lowest BCUT2D eigenvalue weighted by Gasteiger charge is -2.31. The number of benzene rings is 1. The Labute approximate surface area is 191 Å². The molecule has 7 nitrogen and oxygen atoms in total. The molecule has 0 fully saturated rings. The Morgan fingerprint density at radius 1 is 1.00 bits per heavy atom. The van der Waals surface area contributed by atoms with Crippen molar-refractivity contribution in [2.75, 3.05) is 10.6 Å². The third-order valence-corrected chi connectivity index (χ3v) is 6.32. The lowest BCUT2D eigenvalue weighted by molar-refractivity contribution is 0.0959. The zero-order valence-corrected chi connectivity index (χ0v) is 19.8. The van der Waals surface area contributed by atoms with Crippen LogP contribution in [0.4, 0.5) is 21.5 Å². The van der Waals surface area contributed by atoms with Gasteiger partial charge in [-0.2, -0.15) is 0 Å². The molecule has 0 bridgehead atoms. The van der Waals surface area contributed by atoms with Gasteiger partial charge < -0.3 is 20.4 Å². The van der Waals surface area contributed by atoms with Gasteiger partial charge in [-0.15, -0.1) is 0 Å². The Kier molecular flexibility index (Phi) is 5.22. The molecule has 0 saturated heterocycles. The van der Waals surface area contributed by atoms with Crippen LogP contribution in [0, 0.1) is 32.0 Å². The predicted octanol–water partition coefficient (Wildman–Crippen LogP) is 4.69. The number of furan rings is 1. The predicted molar refractivity (Wildman–Crippen MR) is 126 cm³/mol. The van der Waals surface area contributed by atoms with Gasteiger partial charge in [0.1, 0.15) is 28.7 Å². The molecule has 1 aromatic heterocycles. The first kappa shape index (κ1) is 22.8. The number of anilines is 3. The molecule has 1 aliphatic heterocycles. The van der Waals surface area contributed by atoms with Crippen molar-refractivity contribution in [1.82, 2.24) is 5.32 Å². The molecule has 0 radical (unpaired) electrons. The summed E-state index contributed by atoms with van der Waals surface area (Å²) in [7, 11) is 0. The Balaban J connectivity index is 1.76. The first-order valence-corrected chi connectivity index (χ1v) is 10.9. The van der Waals surface area contributed by atoms with E-state index in [1.165, 1.54) is 6.07 Å². The fourth-order valence-electron chi connectivity index (χ4n) is 4.42. The SMILES string of the molecule is Cc1cc([C@@H](Nc2c(Nc3c(F)cc(C)c4c3C(=O)N[C@@H]4C)c(=O)c2=O)C(C)(C)C)oc1C. The van der Waals surface area contributed by atoms with Crippen LogP contribution >= 0.6 is 0 Å². The highest BCUT2D eigenvalue weighted by atomic mass is 19.1. The zero-order valence-electron chi connectivity index (χ0n) is 19.8. The van der Waals surface area contributed by atoms with Crippen LogP contribution in [0.2, 0.25) is 0 Å². The van der Waals surface area contributed by atoms with Crippen LogP contribution < -0.4 is 26.8 Å². The number of fused-ring (bicyclic) bond motifs is 1. The van der Waals surface area contributed by atoms with Crippen molar-refractivity contribution in [1.29, 1.82) is 0 Å². The number of hydrogen-bond donors (Lipinski definition) is 3. The molecule has 1 amide bonds. The van der Waals surface area contributed by atoms with Crippen molar-refractivity contribution >= 4 is 23.0 Å². The van der Waals surface area contributed by atoms with Gasteiger partial charge in [0.2, 0.25) is 0 Å².